The number of benzene rings is 1. The van der Waals surface area contributed by atoms with Gasteiger partial charge in [-0.25, -0.2) is 13.1 Å². The number of sulfonamides is 1. The average molecular weight is 311 g/mol. The van der Waals surface area contributed by atoms with Gasteiger partial charge in [0.15, 0.2) is 0 Å². The van der Waals surface area contributed by atoms with Gasteiger partial charge in [-0.2, -0.15) is 0 Å². The summed E-state index contributed by atoms with van der Waals surface area (Å²) in [5.41, 5.74) is 0.410. The Balaban J connectivity index is 2.08. The minimum atomic E-state index is -3.55. The molecule has 0 radical (unpaired) electrons. The molecular weight excluding hydrogens is 294 g/mol. The zero-order valence-electron chi connectivity index (χ0n) is 11.5. The van der Waals surface area contributed by atoms with Gasteiger partial charge in [0.1, 0.15) is 0 Å². The Bertz CT molecular complexity index is 647. The second kappa shape index (κ2) is 6.23. The summed E-state index contributed by atoms with van der Waals surface area (Å²) >= 11 is 0. The van der Waals surface area contributed by atoms with E-state index in [0.29, 0.717) is 25.1 Å². The minimum absolute atomic E-state index is 0.0545. The smallest absolute Gasteiger partial charge is 0.240 e. The molecule has 7 nitrogen and oxygen atoms in total. The van der Waals surface area contributed by atoms with Crippen LogP contribution in [0.2, 0.25) is 0 Å². The summed E-state index contributed by atoms with van der Waals surface area (Å²) in [4.78, 5) is 23.2. The molecule has 2 rings (SSSR count). The summed E-state index contributed by atoms with van der Waals surface area (Å²) in [6, 6.07) is 6.02. The summed E-state index contributed by atoms with van der Waals surface area (Å²) in [7, 11) is -2.22. The van der Waals surface area contributed by atoms with E-state index in [1.807, 2.05) is 0 Å². The molecule has 1 aromatic rings. The van der Waals surface area contributed by atoms with Gasteiger partial charge in [0, 0.05) is 18.7 Å². The third-order valence-electron chi connectivity index (χ3n) is 3.32. The van der Waals surface area contributed by atoms with E-state index in [-0.39, 0.29) is 22.6 Å². The van der Waals surface area contributed by atoms with Gasteiger partial charge in [-0.05, 0) is 31.7 Å². The van der Waals surface area contributed by atoms with Crippen LogP contribution in [0.5, 0.6) is 0 Å². The number of rotatable bonds is 4. The molecule has 8 heteroatoms. The summed E-state index contributed by atoms with van der Waals surface area (Å²) < 4.78 is 25.6. The van der Waals surface area contributed by atoms with Crippen molar-refractivity contribution in [2.75, 3.05) is 18.9 Å². The first kappa shape index (κ1) is 15.5. The van der Waals surface area contributed by atoms with Crippen molar-refractivity contribution in [3.05, 3.63) is 24.3 Å². The maximum atomic E-state index is 12.1. The zero-order chi connectivity index (χ0) is 15.5. The van der Waals surface area contributed by atoms with Crippen molar-refractivity contribution in [3.8, 4) is 0 Å². The molecule has 1 atom stereocenters. The Morgan fingerprint density at radius 2 is 2.14 bits per heavy atom. The number of hydrogen-bond acceptors (Lipinski definition) is 4. The number of piperidine rings is 1. The Labute approximate surface area is 123 Å². The largest absolute Gasteiger partial charge is 0.355 e. The fraction of sp³-hybridized carbons (Fsp3) is 0.385. The third-order valence-corrected chi connectivity index (χ3v) is 4.73. The highest BCUT2D eigenvalue weighted by molar-refractivity contribution is 7.89. The number of carbonyl (C=O) groups excluding carboxylic acids is 2. The van der Waals surface area contributed by atoms with E-state index < -0.39 is 10.0 Å². The van der Waals surface area contributed by atoms with Gasteiger partial charge in [-0.1, -0.05) is 6.07 Å². The highest BCUT2D eigenvalue weighted by atomic mass is 32.2. The van der Waals surface area contributed by atoms with Gasteiger partial charge in [-0.15, -0.1) is 0 Å². The molecule has 1 saturated heterocycles. The molecule has 1 fully saturated rings. The van der Waals surface area contributed by atoms with Crippen LogP contribution in [0.25, 0.3) is 0 Å². The molecule has 1 aliphatic rings. The molecule has 2 amide bonds. The molecule has 0 aromatic heterocycles. The number of hydrogen-bond donors (Lipinski definition) is 3. The van der Waals surface area contributed by atoms with Crippen LogP contribution in [-0.4, -0.2) is 33.8 Å². The summed E-state index contributed by atoms with van der Waals surface area (Å²) in [5.74, 6) is -0.581. The predicted octanol–water partition coefficient (Wildman–Crippen LogP) is 0.0594. The molecule has 0 spiro atoms. The molecule has 1 heterocycles. The topological polar surface area (TPSA) is 104 Å². The van der Waals surface area contributed by atoms with Crippen molar-refractivity contribution < 1.29 is 18.0 Å². The number of carbonyl (C=O) groups is 2. The van der Waals surface area contributed by atoms with Gasteiger partial charge in [0.25, 0.3) is 0 Å². The van der Waals surface area contributed by atoms with Crippen molar-refractivity contribution >= 4 is 27.5 Å². The van der Waals surface area contributed by atoms with Crippen molar-refractivity contribution in [3.63, 3.8) is 0 Å². The van der Waals surface area contributed by atoms with Gasteiger partial charge in [-0.3, -0.25) is 9.59 Å². The van der Waals surface area contributed by atoms with Crippen molar-refractivity contribution in [2.24, 2.45) is 5.92 Å². The average Bonchev–Trinajstić information content (AvgIpc) is 2.48. The maximum Gasteiger partial charge on any atom is 0.240 e. The van der Waals surface area contributed by atoms with Crippen LogP contribution in [-0.2, 0) is 19.6 Å². The predicted molar refractivity (Wildman–Crippen MR) is 77.1 cm³/mol. The molecule has 1 aromatic carbocycles. The molecule has 1 unspecified atom stereocenters. The number of nitrogens with one attached hydrogen (secondary N) is 3. The lowest BCUT2D eigenvalue weighted by atomic mass is 9.98. The SMILES string of the molecule is CNS(=O)(=O)c1cccc(NC(=O)C2CCC(=O)NC2)c1. The number of amides is 2. The van der Waals surface area contributed by atoms with Crippen molar-refractivity contribution in [2.45, 2.75) is 17.7 Å². The van der Waals surface area contributed by atoms with E-state index >= 15 is 0 Å². The summed E-state index contributed by atoms with van der Waals surface area (Å²) in [6.45, 7) is 0.305. The second-order valence-electron chi connectivity index (χ2n) is 4.76. The van der Waals surface area contributed by atoms with E-state index in [2.05, 4.69) is 15.4 Å². The van der Waals surface area contributed by atoms with Crippen molar-refractivity contribution in [1.82, 2.24) is 10.0 Å². The number of anilines is 1. The molecule has 114 valence electrons. The van der Waals surface area contributed by atoms with E-state index in [9.17, 15) is 18.0 Å². The lowest BCUT2D eigenvalue weighted by Crippen LogP contribution is -2.40. The van der Waals surface area contributed by atoms with Crippen LogP contribution in [0.3, 0.4) is 0 Å². The van der Waals surface area contributed by atoms with E-state index in [4.69, 9.17) is 0 Å². The normalized spacial score (nSPS) is 18.9. The van der Waals surface area contributed by atoms with Crippen LogP contribution < -0.4 is 15.4 Å². The highest BCUT2D eigenvalue weighted by Gasteiger charge is 2.24. The quantitative estimate of drug-likeness (QED) is 0.731. The van der Waals surface area contributed by atoms with Gasteiger partial charge in [0.05, 0.1) is 10.8 Å². The van der Waals surface area contributed by atoms with E-state index in [1.165, 1.54) is 19.2 Å². The third kappa shape index (κ3) is 3.79. The fourth-order valence-corrected chi connectivity index (χ4v) is 2.84. The molecule has 3 N–H and O–H groups in total. The molecular formula is C13H17N3O4S. The van der Waals surface area contributed by atoms with Crippen LogP contribution in [0.4, 0.5) is 5.69 Å². The Morgan fingerprint density at radius 1 is 1.38 bits per heavy atom. The minimum Gasteiger partial charge on any atom is -0.355 e. The zero-order valence-corrected chi connectivity index (χ0v) is 12.4. The van der Waals surface area contributed by atoms with E-state index in [1.54, 1.807) is 12.1 Å². The van der Waals surface area contributed by atoms with E-state index in [0.717, 1.165) is 0 Å². The van der Waals surface area contributed by atoms with Crippen LogP contribution in [0.1, 0.15) is 12.8 Å². The Morgan fingerprint density at radius 3 is 2.76 bits per heavy atom. The van der Waals surface area contributed by atoms with Crippen LogP contribution in [0.15, 0.2) is 29.2 Å². The molecule has 21 heavy (non-hydrogen) atoms. The molecule has 1 aliphatic heterocycles. The van der Waals surface area contributed by atoms with Crippen molar-refractivity contribution in [1.29, 1.82) is 0 Å². The Hall–Kier alpha value is -1.93. The van der Waals surface area contributed by atoms with Gasteiger partial charge in [0.2, 0.25) is 21.8 Å². The first-order valence-electron chi connectivity index (χ1n) is 6.53. The standard InChI is InChI=1S/C13H17N3O4S/c1-14-21(19,20)11-4-2-3-10(7-11)16-13(18)9-5-6-12(17)15-8-9/h2-4,7,9,14H,5-6,8H2,1H3,(H,15,17)(H,16,18). The van der Waals surface area contributed by atoms with Crippen LogP contribution in [0, 0.1) is 5.92 Å². The molecule has 0 bridgehead atoms. The van der Waals surface area contributed by atoms with Gasteiger partial charge >= 0.3 is 0 Å². The lowest BCUT2D eigenvalue weighted by molar-refractivity contribution is -0.126. The second-order valence-corrected chi connectivity index (χ2v) is 6.65. The summed E-state index contributed by atoms with van der Waals surface area (Å²) in [6.07, 6.45) is 0.818. The first-order chi connectivity index (χ1) is 9.92. The maximum absolute atomic E-state index is 12.1. The lowest BCUT2D eigenvalue weighted by Gasteiger charge is -2.21. The first-order valence-corrected chi connectivity index (χ1v) is 8.02. The monoisotopic (exact) mass is 311 g/mol. The summed E-state index contributed by atoms with van der Waals surface area (Å²) in [5, 5.41) is 5.32. The highest BCUT2D eigenvalue weighted by Crippen LogP contribution is 2.18. The Kier molecular flexibility index (Phi) is 4.59. The van der Waals surface area contributed by atoms with Crippen LogP contribution >= 0.6 is 0 Å². The molecule has 0 saturated carbocycles. The fourth-order valence-electron chi connectivity index (χ4n) is 2.06. The molecule has 0 aliphatic carbocycles. The van der Waals surface area contributed by atoms with Gasteiger partial charge < -0.3 is 10.6 Å².